The van der Waals surface area contributed by atoms with Gasteiger partial charge >= 0.3 is 0 Å². The molecule has 0 bridgehead atoms. The summed E-state index contributed by atoms with van der Waals surface area (Å²) >= 11 is 0. The number of rotatable bonds is 10. The van der Waals surface area contributed by atoms with Crippen molar-refractivity contribution in [1.29, 1.82) is 0 Å². The molecule has 1 atom stereocenters. The summed E-state index contributed by atoms with van der Waals surface area (Å²) in [4.78, 5) is 32.0. The lowest BCUT2D eigenvalue weighted by molar-refractivity contribution is -0.134. The first-order chi connectivity index (χ1) is 21.3. The zero-order valence-corrected chi connectivity index (χ0v) is 26.0. The molecule has 1 fully saturated rings. The second kappa shape index (κ2) is 12.6. The van der Waals surface area contributed by atoms with Crippen molar-refractivity contribution in [2.24, 2.45) is 0 Å². The van der Waals surface area contributed by atoms with Crippen LogP contribution in [0, 0.1) is 6.92 Å². The van der Waals surface area contributed by atoms with Gasteiger partial charge in [0.25, 0.3) is 0 Å². The summed E-state index contributed by atoms with van der Waals surface area (Å²) in [7, 11) is 3.72. The predicted molar refractivity (Wildman–Crippen MR) is 173 cm³/mol. The Bertz CT molecular complexity index is 1650. The van der Waals surface area contributed by atoms with E-state index >= 15 is 0 Å². The number of carbonyl (C=O) groups is 1. The van der Waals surface area contributed by atoms with E-state index in [1.54, 1.807) is 17.4 Å². The fourth-order valence-electron chi connectivity index (χ4n) is 6.67. The molecule has 228 valence electrons. The molecule has 0 spiro atoms. The highest BCUT2D eigenvalue weighted by Gasteiger charge is 2.45. The van der Waals surface area contributed by atoms with Crippen molar-refractivity contribution < 1.29 is 9.21 Å². The first-order valence-electron chi connectivity index (χ1n) is 15.4. The van der Waals surface area contributed by atoms with Crippen molar-refractivity contribution in [2.45, 2.75) is 57.2 Å². The molecule has 44 heavy (non-hydrogen) atoms. The van der Waals surface area contributed by atoms with Crippen LogP contribution >= 0.6 is 0 Å². The number of anilines is 1. The van der Waals surface area contributed by atoms with Crippen LogP contribution in [0.4, 0.5) is 5.95 Å². The topological polar surface area (TPSA) is 92.3 Å². The molecule has 0 aliphatic carbocycles. The summed E-state index contributed by atoms with van der Waals surface area (Å²) < 4.78 is 7.95. The number of hydrogen-bond acceptors (Lipinski definition) is 7. The highest BCUT2D eigenvalue weighted by Crippen LogP contribution is 2.40. The summed E-state index contributed by atoms with van der Waals surface area (Å²) in [5, 5.41) is 3.71. The van der Waals surface area contributed by atoms with E-state index in [1.807, 2.05) is 69.6 Å². The van der Waals surface area contributed by atoms with Crippen LogP contribution in [-0.4, -0.2) is 74.5 Å². The average Bonchev–Trinajstić information content (AvgIpc) is 3.62. The lowest BCUT2D eigenvalue weighted by Gasteiger charge is -2.42. The Morgan fingerprint density at radius 2 is 1.68 bits per heavy atom. The number of piperidine rings is 1. The minimum atomic E-state index is -0.781. The minimum Gasteiger partial charge on any atom is -0.464 e. The highest BCUT2D eigenvalue weighted by atomic mass is 16.3. The van der Waals surface area contributed by atoms with E-state index < -0.39 is 5.41 Å². The minimum absolute atomic E-state index is 0.104. The van der Waals surface area contributed by atoms with E-state index in [9.17, 15) is 4.79 Å². The Kier molecular flexibility index (Phi) is 8.48. The van der Waals surface area contributed by atoms with Gasteiger partial charge in [-0.3, -0.25) is 9.36 Å². The molecule has 1 aliphatic rings. The van der Waals surface area contributed by atoms with Crippen molar-refractivity contribution in [1.82, 2.24) is 29.3 Å². The zero-order valence-electron chi connectivity index (χ0n) is 26.0. The van der Waals surface area contributed by atoms with E-state index in [-0.39, 0.29) is 18.0 Å². The number of aromatic nitrogens is 4. The van der Waals surface area contributed by atoms with Crippen LogP contribution in [0.15, 0.2) is 89.7 Å². The quantitative estimate of drug-likeness (QED) is 0.229. The van der Waals surface area contributed by atoms with Crippen molar-refractivity contribution >= 4 is 23.0 Å². The fourth-order valence-corrected chi connectivity index (χ4v) is 6.67. The van der Waals surface area contributed by atoms with Gasteiger partial charge in [-0.25, -0.2) is 15.0 Å². The van der Waals surface area contributed by atoms with Gasteiger partial charge in [0.05, 0.1) is 12.7 Å². The molecule has 1 saturated heterocycles. The van der Waals surface area contributed by atoms with Crippen LogP contribution in [0.3, 0.4) is 0 Å². The monoisotopic (exact) mass is 591 g/mol. The summed E-state index contributed by atoms with van der Waals surface area (Å²) in [6.45, 7) is 6.60. The molecule has 0 radical (unpaired) electrons. The second-order valence-corrected chi connectivity index (χ2v) is 12.1. The van der Waals surface area contributed by atoms with Crippen molar-refractivity contribution in [3.05, 3.63) is 108 Å². The molecule has 4 heterocycles. The molecule has 1 aliphatic heterocycles. The maximum absolute atomic E-state index is 14.1. The fraction of sp³-hybridized carbons (Fsp3) is 0.371. The molecule has 6 rings (SSSR count). The van der Waals surface area contributed by atoms with Gasteiger partial charge in [-0.2, -0.15) is 0 Å². The van der Waals surface area contributed by atoms with Gasteiger partial charge in [0.2, 0.25) is 11.9 Å². The maximum Gasteiger partial charge on any atom is 0.237 e. The molecule has 1 amide bonds. The van der Waals surface area contributed by atoms with E-state index in [0.717, 1.165) is 65.7 Å². The summed E-state index contributed by atoms with van der Waals surface area (Å²) in [6.07, 6.45) is 5.92. The number of nitrogens with one attached hydrogen (secondary N) is 1. The van der Waals surface area contributed by atoms with E-state index in [1.165, 1.54) is 0 Å². The van der Waals surface area contributed by atoms with Crippen molar-refractivity contribution in [3.63, 3.8) is 0 Å². The largest absolute Gasteiger partial charge is 0.464 e. The lowest BCUT2D eigenvalue weighted by atomic mass is 9.69. The van der Waals surface area contributed by atoms with Gasteiger partial charge in [-0.05, 0) is 56.4 Å². The molecule has 1 N–H and O–H groups in total. The van der Waals surface area contributed by atoms with Gasteiger partial charge < -0.3 is 19.5 Å². The molecular formula is C35H41N7O2. The van der Waals surface area contributed by atoms with Gasteiger partial charge in [-0.15, -0.1) is 0 Å². The number of amides is 1. The number of likely N-dealkylation sites (N-methyl/N-ethyl adjacent to an activating group) is 1. The Morgan fingerprint density at radius 3 is 2.27 bits per heavy atom. The van der Waals surface area contributed by atoms with E-state index in [0.29, 0.717) is 13.0 Å². The third kappa shape index (κ3) is 5.84. The Balaban J connectivity index is 1.20. The normalized spacial score (nSPS) is 15.4. The van der Waals surface area contributed by atoms with Gasteiger partial charge in [0, 0.05) is 39.3 Å². The van der Waals surface area contributed by atoms with E-state index in [4.69, 9.17) is 9.40 Å². The van der Waals surface area contributed by atoms with Gasteiger partial charge in [0.1, 0.15) is 28.8 Å². The average molecular weight is 592 g/mol. The summed E-state index contributed by atoms with van der Waals surface area (Å²) in [5.41, 5.74) is 2.82. The summed E-state index contributed by atoms with van der Waals surface area (Å²) in [6, 6.07) is 24.9. The van der Waals surface area contributed by atoms with Crippen LogP contribution in [0.25, 0.3) is 11.2 Å². The predicted octanol–water partition coefficient (Wildman–Crippen LogP) is 5.51. The van der Waals surface area contributed by atoms with Crippen LogP contribution < -0.4 is 5.32 Å². The molecule has 1 unspecified atom stereocenters. The van der Waals surface area contributed by atoms with Crippen molar-refractivity contribution in [2.75, 3.05) is 32.5 Å². The Morgan fingerprint density at radius 1 is 1.02 bits per heavy atom. The third-order valence-corrected chi connectivity index (χ3v) is 8.91. The first kappa shape index (κ1) is 29.6. The number of likely N-dealkylation sites (tertiary alicyclic amines) is 1. The Hall–Kier alpha value is -4.50. The van der Waals surface area contributed by atoms with Crippen LogP contribution in [0.2, 0.25) is 0 Å². The van der Waals surface area contributed by atoms with Crippen LogP contribution in [0.1, 0.15) is 48.8 Å². The molecule has 2 aromatic carbocycles. The molecular weight excluding hydrogens is 550 g/mol. The highest BCUT2D eigenvalue weighted by molar-refractivity contribution is 5.92. The standard InChI is InChI=1S/C35H41N7O2/c1-25(21-35(33(43)40(3)4,27-11-7-5-8-12-27)28-13-9-6-10-14-28)41-19-17-29(18-20-41)38-34-39-31-22-36-24-37-32(31)42(34)23-30-16-15-26(2)44-30/h5-16,22,24-25,29H,17-21,23H2,1-4H3,(H,38,39). The second-order valence-electron chi connectivity index (χ2n) is 12.1. The Labute approximate surface area is 258 Å². The number of carbonyl (C=O) groups excluding carboxylic acids is 1. The number of nitrogens with zero attached hydrogens (tertiary/aromatic N) is 6. The maximum atomic E-state index is 14.1. The first-order valence-corrected chi connectivity index (χ1v) is 15.4. The van der Waals surface area contributed by atoms with Crippen LogP contribution in [0.5, 0.6) is 0 Å². The third-order valence-electron chi connectivity index (χ3n) is 8.91. The number of imidazole rings is 1. The van der Waals surface area contributed by atoms with Crippen LogP contribution in [-0.2, 0) is 16.8 Å². The number of fused-ring (bicyclic) bond motifs is 1. The molecule has 9 heteroatoms. The number of aryl methyl sites for hydroxylation is 1. The molecule has 9 nitrogen and oxygen atoms in total. The number of benzene rings is 2. The number of furan rings is 1. The zero-order chi connectivity index (χ0) is 30.7. The van der Waals surface area contributed by atoms with Gasteiger partial charge in [0.15, 0.2) is 5.65 Å². The SMILES string of the molecule is Cc1ccc(Cn2c(NC3CCN(C(C)CC(C(=O)N(C)C)(c4ccccc4)c4ccccc4)CC3)nc3cncnc32)o1. The van der Waals surface area contributed by atoms with E-state index in [2.05, 4.69) is 55.9 Å². The molecule has 5 aromatic rings. The molecule has 3 aromatic heterocycles. The molecule has 0 saturated carbocycles. The summed E-state index contributed by atoms with van der Waals surface area (Å²) in [5.74, 6) is 2.63. The van der Waals surface area contributed by atoms with Gasteiger partial charge in [-0.1, -0.05) is 60.7 Å². The lowest BCUT2D eigenvalue weighted by Crippen LogP contribution is -2.51. The van der Waals surface area contributed by atoms with Crippen molar-refractivity contribution in [3.8, 4) is 0 Å². The number of hydrogen-bond donors (Lipinski definition) is 1. The smallest absolute Gasteiger partial charge is 0.237 e.